The molecule has 1 aromatic rings. The molecule has 5 nitrogen and oxygen atoms in total. The van der Waals surface area contributed by atoms with Crippen LogP contribution < -0.4 is 9.64 Å². The summed E-state index contributed by atoms with van der Waals surface area (Å²) in [5.41, 5.74) is 0.901. The van der Waals surface area contributed by atoms with Crippen LogP contribution in [0.3, 0.4) is 0 Å². The van der Waals surface area contributed by atoms with Gasteiger partial charge >= 0.3 is 5.97 Å². The number of ether oxygens (including phenoxy) is 2. The van der Waals surface area contributed by atoms with Gasteiger partial charge in [0.25, 0.3) is 0 Å². The van der Waals surface area contributed by atoms with Gasteiger partial charge in [0.1, 0.15) is 5.75 Å². The third kappa shape index (κ3) is 3.07. The van der Waals surface area contributed by atoms with E-state index in [2.05, 4.69) is 6.58 Å². The van der Waals surface area contributed by atoms with Crippen LogP contribution in [0.25, 0.3) is 0 Å². The van der Waals surface area contributed by atoms with E-state index in [1.807, 2.05) is 0 Å². The van der Waals surface area contributed by atoms with E-state index in [9.17, 15) is 9.59 Å². The van der Waals surface area contributed by atoms with Crippen LogP contribution in [0.2, 0.25) is 0 Å². The second-order valence-corrected chi connectivity index (χ2v) is 4.81. The highest BCUT2D eigenvalue weighted by Gasteiger charge is 2.31. The van der Waals surface area contributed by atoms with Crippen LogP contribution in [-0.4, -0.2) is 32.1 Å². The highest BCUT2D eigenvalue weighted by molar-refractivity contribution is 6.04. The second kappa shape index (κ2) is 6.43. The first-order valence-corrected chi connectivity index (χ1v) is 6.88. The molecule has 0 aliphatic carbocycles. The molecule has 0 radical (unpaired) electrons. The summed E-state index contributed by atoms with van der Waals surface area (Å²) in [7, 11) is 1.53. The Morgan fingerprint density at radius 1 is 1.52 bits per heavy atom. The molecule has 0 aromatic heterocycles. The topological polar surface area (TPSA) is 55.8 Å². The van der Waals surface area contributed by atoms with E-state index in [0.29, 0.717) is 30.0 Å². The predicted octanol–water partition coefficient (Wildman–Crippen LogP) is 2.41. The molecular weight excluding hydrogens is 270 g/mol. The molecule has 1 heterocycles. The van der Waals surface area contributed by atoms with Gasteiger partial charge in [-0.05, 0) is 25.1 Å². The lowest BCUT2D eigenvalue weighted by molar-refractivity contribution is -0.117. The van der Waals surface area contributed by atoms with E-state index >= 15 is 0 Å². The molecule has 0 N–H and O–H groups in total. The number of amides is 1. The van der Waals surface area contributed by atoms with Gasteiger partial charge in [-0.2, -0.15) is 0 Å². The van der Waals surface area contributed by atoms with Gasteiger partial charge in [0, 0.05) is 18.9 Å². The largest absolute Gasteiger partial charge is 0.497 e. The molecule has 1 fully saturated rings. The summed E-state index contributed by atoms with van der Waals surface area (Å²) in [4.78, 5) is 25.8. The number of hydrogen-bond acceptors (Lipinski definition) is 4. The van der Waals surface area contributed by atoms with Crippen LogP contribution in [0.4, 0.5) is 5.69 Å². The number of methoxy groups -OCH3 is 1. The number of carbonyl (C=O) groups excluding carboxylic acids is 2. The number of benzene rings is 1. The van der Waals surface area contributed by atoms with E-state index in [4.69, 9.17) is 9.47 Å². The van der Waals surface area contributed by atoms with Gasteiger partial charge in [-0.15, -0.1) is 6.58 Å². The third-order valence-electron chi connectivity index (χ3n) is 3.48. The van der Waals surface area contributed by atoms with Crippen molar-refractivity contribution >= 4 is 17.6 Å². The highest BCUT2D eigenvalue weighted by Crippen LogP contribution is 2.31. The summed E-state index contributed by atoms with van der Waals surface area (Å²) in [5, 5.41) is 0. The van der Waals surface area contributed by atoms with E-state index in [0.717, 1.165) is 0 Å². The molecule has 0 spiro atoms. The van der Waals surface area contributed by atoms with Crippen molar-refractivity contribution in [2.24, 2.45) is 5.92 Å². The molecule has 112 valence electrons. The standard InChI is InChI=1S/C16H19NO4/c1-4-11-8-15(18)17(10-11)14-7-6-12(20-3)9-13(14)16(19)21-5-2/h4,6-7,9,11H,1,5,8,10H2,2-3H3. The molecule has 1 unspecified atom stereocenters. The summed E-state index contributed by atoms with van der Waals surface area (Å²) >= 11 is 0. The van der Waals surface area contributed by atoms with Crippen molar-refractivity contribution in [3.63, 3.8) is 0 Å². The van der Waals surface area contributed by atoms with E-state index in [-0.39, 0.29) is 18.4 Å². The number of hydrogen-bond donors (Lipinski definition) is 0. The number of nitrogens with zero attached hydrogens (tertiary/aromatic N) is 1. The Morgan fingerprint density at radius 3 is 2.86 bits per heavy atom. The molecule has 0 bridgehead atoms. The van der Waals surface area contributed by atoms with E-state index in [1.54, 1.807) is 36.1 Å². The van der Waals surface area contributed by atoms with Gasteiger partial charge in [0.05, 0.1) is 25.0 Å². The highest BCUT2D eigenvalue weighted by atomic mass is 16.5. The quantitative estimate of drug-likeness (QED) is 0.617. The normalized spacial score (nSPS) is 17.7. The van der Waals surface area contributed by atoms with Crippen LogP contribution in [0.5, 0.6) is 5.75 Å². The summed E-state index contributed by atoms with van der Waals surface area (Å²) < 4.78 is 10.2. The molecule has 1 amide bonds. The minimum absolute atomic E-state index is 0.0179. The third-order valence-corrected chi connectivity index (χ3v) is 3.48. The van der Waals surface area contributed by atoms with E-state index < -0.39 is 5.97 Å². The fraction of sp³-hybridized carbons (Fsp3) is 0.375. The van der Waals surface area contributed by atoms with Crippen LogP contribution in [0.15, 0.2) is 30.9 Å². The molecule has 1 saturated heterocycles. The smallest absolute Gasteiger partial charge is 0.340 e. The molecule has 2 rings (SSSR count). The maximum Gasteiger partial charge on any atom is 0.340 e. The fourth-order valence-corrected chi connectivity index (χ4v) is 2.38. The molecular formula is C16H19NO4. The SMILES string of the molecule is C=CC1CC(=O)N(c2ccc(OC)cc2C(=O)OCC)C1. The predicted molar refractivity (Wildman–Crippen MR) is 79.6 cm³/mol. The first kappa shape index (κ1) is 15.1. The maximum absolute atomic E-state index is 12.1. The van der Waals surface area contributed by atoms with Crippen molar-refractivity contribution in [3.05, 3.63) is 36.4 Å². The molecule has 5 heteroatoms. The van der Waals surface area contributed by atoms with Gasteiger partial charge in [-0.1, -0.05) is 6.08 Å². The Morgan fingerprint density at radius 2 is 2.29 bits per heavy atom. The average Bonchev–Trinajstić information content (AvgIpc) is 2.88. The van der Waals surface area contributed by atoms with Crippen molar-refractivity contribution in [2.75, 3.05) is 25.2 Å². The number of carbonyl (C=O) groups is 2. The molecule has 0 saturated carbocycles. The Labute approximate surface area is 124 Å². The van der Waals surface area contributed by atoms with Crippen LogP contribution in [-0.2, 0) is 9.53 Å². The Hall–Kier alpha value is -2.30. The number of esters is 1. The molecule has 1 aliphatic rings. The van der Waals surface area contributed by atoms with E-state index in [1.165, 1.54) is 7.11 Å². The van der Waals surface area contributed by atoms with Crippen molar-refractivity contribution in [3.8, 4) is 5.75 Å². The lowest BCUT2D eigenvalue weighted by Gasteiger charge is -2.20. The van der Waals surface area contributed by atoms with Crippen molar-refractivity contribution < 1.29 is 19.1 Å². The minimum atomic E-state index is -0.457. The van der Waals surface area contributed by atoms with Crippen LogP contribution >= 0.6 is 0 Å². The Balaban J connectivity index is 2.40. The maximum atomic E-state index is 12.1. The van der Waals surface area contributed by atoms with Crippen LogP contribution in [0.1, 0.15) is 23.7 Å². The number of rotatable bonds is 5. The van der Waals surface area contributed by atoms with Gasteiger partial charge in [0.15, 0.2) is 0 Å². The van der Waals surface area contributed by atoms with Crippen molar-refractivity contribution in [2.45, 2.75) is 13.3 Å². The van der Waals surface area contributed by atoms with Gasteiger partial charge in [-0.3, -0.25) is 4.79 Å². The molecule has 1 aromatic carbocycles. The van der Waals surface area contributed by atoms with Gasteiger partial charge < -0.3 is 14.4 Å². The molecule has 1 atom stereocenters. The first-order chi connectivity index (χ1) is 10.1. The Bertz CT molecular complexity index is 567. The Kier molecular flexibility index (Phi) is 4.62. The minimum Gasteiger partial charge on any atom is -0.497 e. The monoisotopic (exact) mass is 289 g/mol. The van der Waals surface area contributed by atoms with Gasteiger partial charge in [0.2, 0.25) is 5.91 Å². The summed E-state index contributed by atoms with van der Waals surface area (Å²) in [6.45, 7) is 6.28. The summed E-state index contributed by atoms with van der Waals surface area (Å²) in [5.74, 6) is 0.181. The van der Waals surface area contributed by atoms with Crippen LogP contribution in [0, 0.1) is 5.92 Å². The van der Waals surface area contributed by atoms with Crippen molar-refractivity contribution in [1.82, 2.24) is 0 Å². The first-order valence-electron chi connectivity index (χ1n) is 6.88. The molecule has 21 heavy (non-hydrogen) atoms. The summed E-state index contributed by atoms with van der Waals surface area (Å²) in [6, 6.07) is 5.04. The van der Waals surface area contributed by atoms with Crippen molar-refractivity contribution in [1.29, 1.82) is 0 Å². The lowest BCUT2D eigenvalue weighted by Crippen LogP contribution is -2.26. The zero-order chi connectivity index (χ0) is 15.4. The zero-order valence-corrected chi connectivity index (χ0v) is 12.3. The zero-order valence-electron chi connectivity index (χ0n) is 12.3. The fourth-order valence-electron chi connectivity index (χ4n) is 2.38. The molecule has 1 aliphatic heterocycles. The average molecular weight is 289 g/mol. The second-order valence-electron chi connectivity index (χ2n) is 4.81. The lowest BCUT2D eigenvalue weighted by atomic mass is 10.1. The summed E-state index contributed by atoms with van der Waals surface area (Å²) in [6.07, 6.45) is 2.18. The number of anilines is 1. The van der Waals surface area contributed by atoms with Gasteiger partial charge in [-0.25, -0.2) is 4.79 Å².